The van der Waals surface area contributed by atoms with Gasteiger partial charge in [-0.3, -0.25) is 0 Å². The molecule has 0 saturated carbocycles. The molecule has 2 heterocycles. The number of rotatable bonds is 4. The highest BCUT2D eigenvalue weighted by Crippen LogP contribution is 2.35. The third-order valence-electron chi connectivity index (χ3n) is 5.19. The van der Waals surface area contributed by atoms with Crippen molar-refractivity contribution in [3.8, 4) is 0 Å². The molecule has 2 aliphatic heterocycles. The number of nitrogens with zero attached hydrogens (tertiary/aromatic N) is 3. The molecular formula is C14H29N3O3S. The maximum absolute atomic E-state index is 12.8. The van der Waals surface area contributed by atoms with Gasteiger partial charge in [-0.25, -0.2) is 0 Å². The van der Waals surface area contributed by atoms with E-state index in [-0.39, 0.29) is 18.4 Å². The smallest absolute Gasteiger partial charge is 0.282 e. The Balaban J connectivity index is 2.08. The Labute approximate surface area is 128 Å². The molecule has 6 nitrogen and oxygen atoms in total. The van der Waals surface area contributed by atoms with Crippen molar-refractivity contribution < 1.29 is 13.5 Å². The lowest BCUT2D eigenvalue weighted by atomic mass is 9.82. The van der Waals surface area contributed by atoms with Crippen molar-refractivity contribution in [2.45, 2.75) is 33.3 Å². The second-order valence-corrected chi connectivity index (χ2v) is 8.61. The third kappa shape index (κ3) is 3.12. The van der Waals surface area contributed by atoms with Gasteiger partial charge in [0.2, 0.25) is 0 Å². The van der Waals surface area contributed by atoms with Crippen molar-refractivity contribution in [3.05, 3.63) is 0 Å². The molecule has 0 aliphatic carbocycles. The molecular weight excluding hydrogens is 290 g/mol. The number of likely N-dealkylation sites (N-methyl/N-ethyl adjacent to an activating group) is 1. The largest absolute Gasteiger partial charge is 0.388 e. The van der Waals surface area contributed by atoms with Crippen molar-refractivity contribution >= 4 is 10.2 Å². The van der Waals surface area contributed by atoms with Gasteiger partial charge >= 0.3 is 0 Å². The fourth-order valence-corrected chi connectivity index (χ4v) is 5.07. The molecule has 0 aromatic rings. The van der Waals surface area contributed by atoms with E-state index in [1.54, 1.807) is 4.31 Å². The normalized spacial score (nSPS) is 33.9. The minimum absolute atomic E-state index is 0.0378. The molecule has 0 aromatic carbocycles. The predicted molar refractivity (Wildman–Crippen MR) is 83.1 cm³/mol. The maximum Gasteiger partial charge on any atom is 0.282 e. The fourth-order valence-electron chi connectivity index (χ4n) is 3.33. The van der Waals surface area contributed by atoms with Crippen LogP contribution in [0.4, 0.5) is 0 Å². The molecule has 0 aromatic heterocycles. The second kappa shape index (κ2) is 6.12. The van der Waals surface area contributed by atoms with Crippen molar-refractivity contribution in [2.24, 2.45) is 11.8 Å². The topological polar surface area (TPSA) is 64.1 Å². The lowest BCUT2D eigenvalue weighted by Crippen LogP contribution is -2.53. The van der Waals surface area contributed by atoms with Gasteiger partial charge < -0.3 is 10.0 Å². The second-order valence-electron chi connectivity index (χ2n) is 6.68. The van der Waals surface area contributed by atoms with Crippen LogP contribution in [0.2, 0.25) is 0 Å². The summed E-state index contributed by atoms with van der Waals surface area (Å²) in [5.74, 6) is 0.00819. The molecule has 2 rings (SSSR count). The highest BCUT2D eigenvalue weighted by Gasteiger charge is 2.49. The average molecular weight is 319 g/mol. The maximum atomic E-state index is 12.8. The highest BCUT2D eigenvalue weighted by atomic mass is 32.2. The van der Waals surface area contributed by atoms with Crippen LogP contribution in [-0.2, 0) is 10.2 Å². The Morgan fingerprint density at radius 2 is 1.76 bits per heavy atom. The first-order chi connectivity index (χ1) is 9.71. The lowest BCUT2D eigenvalue weighted by Gasteiger charge is -2.36. The molecule has 1 N–H and O–H groups in total. The van der Waals surface area contributed by atoms with Crippen LogP contribution >= 0.6 is 0 Å². The van der Waals surface area contributed by atoms with E-state index in [1.807, 2.05) is 20.8 Å². The van der Waals surface area contributed by atoms with Crippen molar-refractivity contribution in [1.29, 1.82) is 0 Å². The molecule has 0 radical (unpaired) electrons. The summed E-state index contributed by atoms with van der Waals surface area (Å²) in [6.07, 6.45) is 0. The Morgan fingerprint density at radius 3 is 2.19 bits per heavy atom. The molecule has 0 bridgehead atoms. The average Bonchev–Trinajstić information content (AvgIpc) is 2.77. The first-order valence-electron chi connectivity index (χ1n) is 7.91. The van der Waals surface area contributed by atoms with Gasteiger partial charge in [-0.15, -0.1) is 0 Å². The Morgan fingerprint density at radius 1 is 1.19 bits per heavy atom. The Kier molecular flexibility index (Phi) is 5.00. The number of piperazine rings is 1. The summed E-state index contributed by atoms with van der Waals surface area (Å²) < 4.78 is 28.6. The molecule has 0 unspecified atom stereocenters. The minimum atomic E-state index is -3.45. The molecule has 2 fully saturated rings. The third-order valence-corrected chi connectivity index (χ3v) is 7.14. The molecule has 124 valence electrons. The van der Waals surface area contributed by atoms with Gasteiger partial charge in [0, 0.05) is 45.2 Å². The minimum Gasteiger partial charge on any atom is -0.388 e. The molecule has 0 spiro atoms. The zero-order chi connectivity index (χ0) is 15.8. The van der Waals surface area contributed by atoms with Crippen LogP contribution in [0.5, 0.6) is 0 Å². The molecule has 2 aliphatic rings. The van der Waals surface area contributed by atoms with Gasteiger partial charge in [0.1, 0.15) is 0 Å². The number of hydrogen-bond acceptors (Lipinski definition) is 4. The van der Waals surface area contributed by atoms with Crippen molar-refractivity contribution in [1.82, 2.24) is 13.5 Å². The van der Waals surface area contributed by atoms with Crippen molar-refractivity contribution in [3.63, 3.8) is 0 Å². The summed E-state index contributed by atoms with van der Waals surface area (Å²) in [7, 11) is -3.45. The Hall–Kier alpha value is -0.210. The highest BCUT2D eigenvalue weighted by molar-refractivity contribution is 7.86. The SMILES string of the molecule is CCN1CCN(S(=O)(=O)N2C[C@@H](C)[C@](O)(C(C)C)C2)CC1. The van der Waals surface area contributed by atoms with Gasteiger partial charge in [0.25, 0.3) is 10.2 Å². The monoisotopic (exact) mass is 319 g/mol. The zero-order valence-corrected chi connectivity index (χ0v) is 14.4. The zero-order valence-electron chi connectivity index (χ0n) is 13.6. The Bertz CT molecular complexity index is 460. The van der Waals surface area contributed by atoms with Crippen LogP contribution in [0.15, 0.2) is 0 Å². The quantitative estimate of drug-likeness (QED) is 0.804. The van der Waals surface area contributed by atoms with E-state index in [0.717, 1.165) is 19.6 Å². The van der Waals surface area contributed by atoms with Crippen LogP contribution in [0.25, 0.3) is 0 Å². The van der Waals surface area contributed by atoms with E-state index in [2.05, 4.69) is 11.8 Å². The van der Waals surface area contributed by atoms with Gasteiger partial charge in [-0.05, 0) is 12.5 Å². The van der Waals surface area contributed by atoms with Crippen LogP contribution in [-0.4, -0.2) is 78.4 Å². The van der Waals surface area contributed by atoms with Gasteiger partial charge in [0.05, 0.1) is 5.60 Å². The van der Waals surface area contributed by atoms with Crippen LogP contribution in [0.3, 0.4) is 0 Å². The van der Waals surface area contributed by atoms with Crippen LogP contribution < -0.4 is 0 Å². The predicted octanol–water partition coefficient (Wildman–Crippen LogP) is 0.208. The van der Waals surface area contributed by atoms with Gasteiger partial charge in [-0.2, -0.15) is 17.0 Å². The summed E-state index contributed by atoms with van der Waals surface area (Å²) in [5, 5.41) is 10.7. The van der Waals surface area contributed by atoms with E-state index in [9.17, 15) is 13.5 Å². The van der Waals surface area contributed by atoms with E-state index in [1.165, 1.54) is 4.31 Å². The van der Waals surface area contributed by atoms with Crippen molar-refractivity contribution in [2.75, 3.05) is 45.8 Å². The van der Waals surface area contributed by atoms with Crippen LogP contribution in [0.1, 0.15) is 27.7 Å². The van der Waals surface area contributed by atoms with Gasteiger partial charge in [0.15, 0.2) is 0 Å². The first-order valence-corrected chi connectivity index (χ1v) is 9.31. The summed E-state index contributed by atoms with van der Waals surface area (Å²) in [4.78, 5) is 2.25. The van der Waals surface area contributed by atoms with E-state index >= 15 is 0 Å². The standard InChI is InChI=1S/C14H29N3O3S/c1-5-15-6-8-16(9-7-15)21(19,20)17-10-13(4)14(18,11-17)12(2)3/h12-13,18H,5-11H2,1-4H3/t13-,14-/m1/s1. The van der Waals surface area contributed by atoms with E-state index < -0.39 is 15.8 Å². The molecule has 2 atom stereocenters. The molecule has 21 heavy (non-hydrogen) atoms. The number of hydrogen-bond donors (Lipinski definition) is 1. The number of aliphatic hydroxyl groups is 1. The van der Waals surface area contributed by atoms with Crippen LogP contribution in [0, 0.1) is 11.8 Å². The van der Waals surface area contributed by atoms with E-state index in [0.29, 0.717) is 19.6 Å². The summed E-state index contributed by atoms with van der Waals surface area (Å²) in [6.45, 7) is 12.2. The molecule has 2 saturated heterocycles. The summed E-state index contributed by atoms with van der Waals surface area (Å²) in [6, 6.07) is 0. The summed E-state index contributed by atoms with van der Waals surface area (Å²) >= 11 is 0. The first kappa shape index (κ1) is 17.1. The number of β-amino-alcohol motifs (C(OH)–C–C–N with tert-alkyl or cyclic N) is 1. The summed E-state index contributed by atoms with van der Waals surface area (Å²) in [5.41, 5.74) is -0.918. The molecule has 0 amide bonds. The fraction of sp³-hybridized carbons (Fsp3) is 1.00. The van der Waals surface area contributed by atoms with E-state index in [4.69, 9.17) is 0 Å². The van der Waals surface area contributed by atoms with Gasteiger partial charge in [-0.1, -0.05) is 27.7 Å². The molecule has 7 heteroatoms. The lowest BCUT2D eigenvalue weighted by molar-refractivity contribution is -0.0224.